The Kier molecular flexibility index (Phi) is 7.50. The van der Waals surface area contributed by atoms with E-state index in [-0.39, 0.29) is 11.7 Å². The van der Waals surface area contributed by atoms with Gasteiger partial charge in [0, 0.05) is 18.4 Å². The molecule has 2 aromatic heterocycles. The van der Waals surface area contributed by atoms with Crippen LogP contribution in [0, 0.1) is 5.82 Å². The number of unbranched alkanes of at least 4 members (excludes halogenated alkanes) is 2. The highest BCUT2D eigenvalue weighted by Gasteiger charge is 2.15. The zero-order chi connectivity index (χ0) is 19.8. The maximum Gasteiger partial charge on any atom is 0.260 e. The first-order chi connectivity index (χ1) is 13.7. The molecule has 0 unspecified atom stereocenters. The molecular weight excluding hydrogens is 395 g/mol. The first-order valence-electron chi connectivity index (χ1n) is 9.11. The van der Waals surface area contributed by atoms with Crippen molar-refractivity contribution in [2.75, 3.05) is 5.32 Å². The minimum atomic E-state index is -0.266. The summed E-state index contributed by atoms with van der Waals surface area (Å²) in [4.78, 5) is 17.0. The third-order valence-corrected chi connectivity index (χ3v) is 5.96. The van der Waals surface area contributed by atoms with Crippen LogP contribution < -0.4 is 5.32 Å². The predicted octanol–water partition coefficient (Wildman–Crippen LogP) is 5.35. The summed E-state index contributed by atoms with van der Waals surface area (Å²) in [6, 6.07) is 9.77. The number of thioether (sulfide) groups is 1. The number of carbonyl (C=O) groups excluding carboxylic acids is 1. The van der Waals surface area contributed by atoms with Crippen molar-refractivity contribution in [3.05, 3.63) is 64.5 Å². The van der Waals surface area contributed by atoms with Gasteiger partial charge in [0.05, 0.1) is 5.56 Å². The molecule has 2 heterocycles. The molecule has 0 atom stereocenters. The number of aryl methyl sites for hydroxylation is 1. The normalized spacial score (nSPS) is 10.8. The molecule has 0 bridgehead atoms. The molecule has 1 aromatic carbocycles. The van der Waals surface area contributed by atoms with E-state index in [9.17, 15) is 9.18 Å². The van der Waals surface area contributed by atoms with Crippen molar-refractivity contribution in [3.8, 4) is 0 Å². The van der Waals surface area contributed by atoms with E-state index >= 15 is 0 Å². The zero-order valence-electron chi connectivity index (χ0n) is 15.5. The molecule has 0 saturated carbocycles. The number of hydrogen-bond donors (Lipinski definition) is 1. The van der Waals surface area contributed by atoms with Gasteiger partial charge in [-0.2, -0.15) is 0 Å². The van der Waals surface area contributed by atoms with Crippen molar-refractivity contribution < 1.29 is 9.18 Å². The Morgan fingerprint density at radius 1 is 1.18 bits per heavy atom. The van der Waals surface area contributed by atoms with Gasteiger partial charge >= 0.3 is 0 Å². The minimum absolute atomic E-state index is 0.258. The first-order valence-corrected chi connectivity index (χ1v) is 10.9. The molecule has 8 heteroatoms. The molecule has 1 N–H and O–H groups in total. The van der Waals surface area contributed by atoms with Crippen LogP contribution in [0.25, 0.3) is 0 Å². The number of rotatable bonds is 9. The number of nitrogens with one attached hydrogen (secondary N) is 1. The van der Waals surface area contributed by atoms with Crippen molar-refractivity contribution in [2.45, 2.75) is 43.4 Å². The number of pyridine rings is 1. The lowest BCUT2D eigenvalue weighted by molar-refractivity contribution is 0.102. The van der Waals surface area contributed by atoms with Crippen molar-refractivity contribution in [1.29, 1.82) is 0 Å². The summed E-state index contributed by atoms with van der Waals surface area (Å²) in [6.45, 7) is 2.16. The van der Waals surface area contributed by atoms with Gasteiger partial charge in [0.15, 0.2) is 0 Å². The molecule has 146 valence electrons. The van der Waals surface area contributed by atoms with E-state index in [2.05, 4.69) is 27.4 Å². The van der Waals surface area contributed by atoms with Gasteiger partial charge in [0.1, 0.15) is 15.9 Å². The monoisotopic (exact) mass is 416 g/mol. The standard InChI is InChI=1S/C20H21FN4OS2/c1-2-3-4-7-17-24-25-20(28-17)23-18(26)16-6-5-12-22-19(16)27-13-14-8-10-15(21)11-9-14/h5-6,8-12H,2-4,7,13H2,1H3,(H,23,25,26). The highest BCUT2D eigenvalue weighted by molar-refractivity contribution is 7.98. The Morgan fingerprint density at radius 2 is 2.00 bits per heavy atom. The van der Waals surface area contributed by atoms with Crippen molar-refractivity contribution in [3.63, 3.8) is 0 Å². The predicted molar refractivity (Wildman–Crippen MR) is 111 cm³/mol. The van der Waals surface area contributed by atoms with Crippen LogP contribution in [0.4, 0.5) is 9.52 Å². The Hall–Kier alpha value is -2.32. The summed E-state index contributed by atoms with van der Waals surface area (Å²) in [5.41, 5.74) is 1.45. The van der Waals surface area contributed by atoms with E-state index in [1.54, 1.807) is 30.5 Å². The maximum absolute atomic E-state index is 13.0. The summed E-state index contributed by atoms with van der Waals surface area (Å²) in [5, 5.41) is 13.1. The van der Waals surface area contributed by atoms with Crippen LogP contribution in [-0.4, -0.2) is 21.1 Å². The number of nitrogens with zero attached hydrogens (tertiary/aromatic N) is 3. The van der Waals surface area contributed by atoms with E-state index < -0.39 is 0 Å². The fourth-order valence-electron chi connectivity index (χ4n) is 2.51. The first kappa shape index (κ1) is 20.4. The largest absolute Gasteiger partial charge is 0.296 e. The summed E-state index contributed by atoms with van der Waals surface area (Å²) >= 11 is 2.84. The number of carbonyl (C=O) groups is 1. The Morgan fingerprint density at radius 3 is 2.79 bits per heavy atom. The minimum Gasteiger partial charge on any atom is -0.296 e. The lowest BCUT2D eigenvalue weighted by Crippen LogP contribution is -2.13. The maximum atomic E-state index is 13.0. The summed E-state index contributed by atoms with van der Waals surface area (Å²) < 4.78 is 13.0. The van der Waals surface area contributed by atoms with Crippen LogP contribution in [0.3, 0.4) is 0 Å². The number of benzene rings is 1. The number of halogens is 1. The molecule has 0 saturated heterocycles. The number of anilines is 1. The molecule has 5 nitrogen and oxygen atoms in total. The smallest absolute Gasteiger partial charge is 0.260 e. The molecular formula is C20H21FN4OS2. The average molecular weight is 417 g/mol. The third kappa shape index (κ3) is 5.84. The van der Waals surface area contributed by atoms with E-state index in [0.717, 1.165) is 36.3 Å². The fourth-order valence-corrected chi connectivity index (χ4v) is 4.23. The SMILES string of the molecule is CCCCCc1nnc(NC(=O)c2cccnc2SCc2ccc(F)cc2)s1. The Bertz CT molecular complexity index is 915. The van der Waals surface area contributed by atoms with Crippen LogP contribution >= 0.6 is 23.1 Å². The second-order valence-corrected chi connectivity index (χ2v) is 8.21. The van der Waals surface area contributed by atoms with Crippen LogP contribution in [0.2, 0.25) is 0 Å². The van der Waals surface area contributed by atoms with E-state index in [4.69, 9.17) is 0 Å². The Labute approximate surface area is 171 Å². The summed E-state index contributed by atoms with van der Waals surface area (Å²) in [6.07, 6.45) is 5.92. The highest BCUT2D eigenvalue weighted by atomic mass is 32.2. The highest BCUT2D eigenvalue weighted by Crippen LogP contribution is 2.26. The number of amides is 1. The lowest BCUT2D eigenvalue weighted by atomic mass is 10.2. The molecule has 0 fully saturated rings. The van der Waals surface area contributed by atoms with Crippen LogP contribution in [0.15, 0.2) is 47.6 Å². The molecule has 3 aromatic rings. The quantitative estimate of drug-likeness (QED) is 0.376. The molecule has 0 spiro atoms. The van der Waals surface area contributed by atoms with Gasteiger partial charge in [-0.15, -0.1) is 22.0 Å². The van der Waals surface area contributed by atoms with E-state index in [1.807, 2.05) is 0 Å². The van der Waals surface area contributed by atoms with Gasteiger partial charge < -0.3 is 0 Å². The van der Waals surface area contributed by atoms with E-state index in [1.165, 1.54) is 35.2 Å². The number of aromatic nitrogens is 3. The van der Waals surface area contributed by atoms with Crippen LogP contribution in [0.1, 0.15) is 47.1 Å². The summed E-state index contributed by atoms with van der Waals surface area (Å²) in [5.74, 6) is 0.0709. The third-order valence-electron chi connectivity index (χ3n) is 3.99. The molecule has 28 heavy (non-hydrogen) atoms. The second-order valence-electron chi connectivity index (χ2n) is 6.18. The van der Waals surface area contributed by atoms with Crippen LogP contribution in [-0.2, 0) is 12.2 Å². The van der Waals surface area contributed by atoms with Crippen molar-refractivity contribution >= 4 is 34.1 Å². The molecule has 0 aliphatic rings. The lowest BCUT2D eigenvalue weighted by Gasteiger charge is -2.07. The zero-order valence-corrected chi connectivity index (χ0v) is 17.2. The topological polar surface area (TPSA) is 67.8 Å². The Balaban J connectivity index is 1.63. The second kappa shape index (κ2) is 10.3. The van der Waals surface area contributed by atoms with Gasteiger partial charge in [0.25, 0.3) is 5.91 Å². The van der Waals surface area contributed by atoms with Gasteiger partial charge in [0.2, 0.25) is 5.13 Å². The molecule has 3 rings (SSSR count). The molecule has 0 aliphatic heterocycles. The van der Waals surface area contributed by atoms with Crippen molar-refractivity contribution in [2.24, 2.45) is 0 Å². The van der Waals surface area contributed by atoms with Gasteiger partial charge in [-0.25, -0.2) is 9.37 Å². The molecule has 0 aliphatic carbocycles. The molecule has 1 amide bonds. The summed E-state index contributed by atoms with van der Waals surface area (Å²) in [7, 11) is 0. The fraction of sp³-hybridized carbons (Fsp3) is 0.300. The van der Waals surface area contributed by atoms with Gasteiger partial charge in [-0.3, -0.25) is 10.1 Å². The average Bonchev–Trinajstić information content (AvgIpc) is 3.15. The van der Waals surface area contributed by atoms with Crippen LogP contribution in [0.5, 0.6) is 0 Å². The van der Waals surface area contributed by atoms with E-state index in [0.29, 0.717) is 21.5 Å². The van der Waals surface area contributed by atoms with Gasteiger partial charge in [-0.05, 0) is 36.2 Å². The number of hydrogen-bond acceptors (Lipinski definition) is 6. The van der Waals surface area contributed by atoms with Crippen molar-refractivity contribution in [1.82, 2.24) is 15.2 Å². The van der Waals surface area contributed by atoms with Gasteiger partial charge in [-0.1, -0.05) is 43.2 Å². The molecule has 0 radical (unpaired) electrons.